The van der Waals surface area contributed by atoms with Gasteiger partial charge in [-0.25, -0.2) is 0 Å². The summed E-state index contributed by atoms with van der Waals surface area (Å²) in [6, 6.07) is 0.582. The maximum absolute atomic E-state index is 11.5. The van der Waals surface area contributed by atoms with Crippen molar-refractivity contribution in [3.05, 3.63) is 0 Å². The topological polar surface area (TPSA) is 43.8 Å². The Bertz CT molecular complexity index is 295. The minimum absolute atomic E-state index is 0.462. The fraction of sp³-hybridized carbons (Fsp3) is 0.923. The highest BCUT2D eigenvalue weighted by Gasteiger charge is 2.46. The van der Waals surface area contributed by atoms with E-state index in [2.05, 4.69) is 23.8 Å². The van der Waals surface area contributed by atoms with Gasteiger partial charge < -0.3 is 10.0 Å². The van der Waals surface area contributed by atoms with E-state index in [1.54, 1.807) is 0 Å². The molecule has 2 atom stereocenters. The summed E-state index contributed by atoms with van der Waals surface area (Å²) in [4.78, 5) is 16.2. The minimum atomic E-state index is -0.590. The third-order valence-corrected chi connectivity index (χ3v) is 4.45. The van der Waals surface area contributed by atoms with Crippen molar-refractivity contribution in [2.75, 3.05) is 33.2 Å². The van der Waals surface area contributed by atoms with Crippen LogP contribution < -0.4 is 0 Å². The zero-order chi connectivity index (χ0) is 12.5. The van der Waals surface area contributed by atoms with Gasteiger partial charge in [0.1, 0.15) is 0 Å². The molecule has 0 aromatic heterocycles. The third-order valence-electron chi connectivity index (χ3n) is 4.45. The Hall–Kier alpha value is -0.610. The number of hydrogen-bond acceptors (Lipinski definition) is 3. The van der Waals surface area contributed by atoms with Crippen LogP contribution in [0.1, 0.15) is 32.6 Å². The molecule has 1 N–H and O–H groups in total. The Morgan fingerprint density at radius 1 is 1.47 bits per heavy atom. The maximum Gasteiger partial charge on any atom is 0.310 e. The van der Waals surface area contributed by atoms with Gasteiger partial charge in [0, 0.05) is 19.1 Å². The smallest absolute Gasteiger partial charge is 0.310 e. The van der Waals surface area contributed by atoms with Crippen LogP contribution in [0.15, 0.2) is 0 Å². The normalized spacial score (nSPS) is 35.5. The first-order valence-corrected chi connectivity index (χ1v) is 6.73. The van der Waals surface area contributed by atoms with Gasteiger partial charge in [0.15, 0.2) is 0 Å². The number of likely N-dealkylation sites (tertiary alicyclic amines) is 2. The highest BCUT2D eigenvalue weighted by atomic mass is 16.4. The SMILES string of the molecule is CCCC1(C(=O)O)CCN(C2CCN(C)C2)C1. The van der Waals surface area contributed by atoms with Crippen LogP contribution in [0.4, 0.5) is 0 Å². The van der Waals surface area contributed by atoms with Crippen LogP contribution in [0.3, 0.4) is 0 Å². The number of hydrogen-bond donors (Lipinski definition) is 1. The van der Waals surface area contributed by atoms with Crippen molar-refractivity contribution in [1.29, 1.82) is 0 Å². The Kier molecular flexibility index (Phi) is 3.73. The second-order valence-electron chi connectivity index (χ2n) is 5.76. The molecule has 0 aromatic rings. The molecule has 0 amide bonds. The molecule has 2 aliphatic rings. The average Bonchev–Trinajstić information content (AvgIpc) is 2.86. The van der Waals surface area contributed by atoms with Gasteiger partial charge in [-0.2, -0.15) is 0 Å². The lowest BCUT2D eigenvalue weighted by atomic mass is 9.83. The number of carboxylic acids is 1. The molecule has 2 unspecified atom stereocenters. The van der Waals surface area contributed by atoms with E-state index in [-0.39, 0.29) is 0 Å². The van der Waals surface area contributed by atoms with Gasteiger partial charge in [0.2, 0.25) is 0 Å². The van der Waals surface area contributed by atoms with Crippen LogP contribution in [0.25, 0.3) is 0 Å². The van der Waals surface area contributed by atoms with E-state index >= 15 is 0 Å². The average molecular weight is 240 g/mol. The third kappa shape index (κ3) is 2.47. The van der Waals surface area contributed by atoms with Crippen molar-refractivity contribution in [2.45, 2.75) is 38.6 Å². The number of carbonyl (C=O) groups is 1. The summed E-state index contributed by atoms with van der Waals surface area (Å²) in [5, 5.41) is 9.47. The fourth-order valence-corrected chi connectivity index (χ4v) is 3.39. The van der Waals surface area contributed by atoms with Gasteiger partial charge in [-0.15, -0.1) is 0 Å². The fourth-order valence-electron chi connectivity index (χ4n) is 3.39. The molecule has 0 bridgehead atoms. The molecule has 0 spiro atoms. The predicted molar refractivity (Wildman–Crippen MR) is 67.1 cm³/mol. The zero-order valence-electron chi connectivity index (χ0n) is 11.0. The van der Waals surface area contributed by atoms with Gasteiger partial charge in [-0.1, -0.05) is 13.3 Å². The van der Waals surface area contributed by atoms with E-state index in [1.165, 1.54) is 6.42 Å². The number of likely N-dealkylation sites (N-methyl/N-ethyl adjacent to an activating group) is 1. The van der Waals surface area contributed by atoms with Crippen LogP contribution >= 0.6 is 0 Å². The van der Waals surface area contributed by atoms with Gasteiger partial charge in [0.25, 0.3) is 0 Å². The van der Waals surface area contributed by atoms with Gasteiger partial charge in [-0.3, -0.25) is 9.69 Å². The number of aliphatic carboxylic acids is 1. The van der Waals surface area contributed by atoms with Crippen molar-refractivity contribution >= 4 is 5.97 Å². The highest BCUT2D eigenvalue weighted by Crippen LogP contribution is 2.37. The number of nitrogens with zero attached hydrogens (tertiary/aromatic N) is 2. The predicted octanol–water partition coefficient (Wildman–Crippen LogP) is 1.27. The summed E-state index contributed by atoms with van der Waals surface area (Å²) in [6.07, 6.45) is 3.81. The molecule has 0 saturated carbocycles. The van der Waals surface area contributed by atoms with E-state index in [1.807, 2.05) is 0 Å². The number of rotatable bonds is 4. The van der Waals surface area contributed by atoms with E-state index in [9.17, 15) is 9.90 Å². The van der Waals surface area contributed by atoms with E-state index in [4.69, 9.17) is 0 Å². The molecule has 17 heavy (non-hydrogen) atoms. The van der Waals surface area contributed by atoms with E-state index < -0.39 is 11.4 Å². The molecule has 2 heterocycles. The summed E-state index contributed by atoms with van der Waals surface area (Å²) in [6.45, 7) is 6.05. The Labute approximate surface area is 104 Å². The van der Waals surface area contributed by atoms with Crippen LogP contribution in [-0.4, -0.2) is 60.1 Å². The molecular formula is C13H24N2O2. The molecule has 98 valence electrons. The van der Waals surface area contributed by atoms with Crippen molar-refractivity contribution in [2.24, 2.45) is 5.41 Å². The van der Waals surface area contributed by atoms with E-state index in [0.717, 1.165) is 45.4 Å². The summed E-state index contributed by atoms with van der Waals surface area (Å²) >= 11 is 0. The first kappa shape index (κ1) is 12.8. The Morgan fingerprint density at radius 2 is 2.24 bits per heavy atom. The van der Waals surface area contributed by atoms with Crippen molar-refractivity contribution in [3.8, 4) is 0 Å². The maximum atomic E-state index is 11.5. The standard InChI is InChI=1S/C13H24N2O2/c1-3-5-13(12(16)17)6-8-15(10-13)11-4-7-14(2)9-11/h11H,3-10H2,1-2H3,(H,16,17). The summed E-state index contributed by atoms with van der Waals surface area (Å²) in [7, 11) is 2.15. The largest absolute Gasteiger partial charge is 0.481 e. The monoisotopic (exact) mass is 240 g/mol. The van der Waals surface area contributed by atoms with Gasteiger partial charge in [-0.05, 0) is 39.4 Å². The zero-order valence-corrected chi connectivity index (χ0v) is 11.0. The van der Waals surface area contributed by atoms with Crippen molar-refractivity contribution in [3.63, 3.8) is 0 Å². The second-order valence-corrected chi connectivity index (χ2v) is 5.76. The highest BCUT2D eigenvalue weighted by molar-refractivity contribution is 5.75. The lowest BCUT2D eigenvalue weighted by Crippen LogP contribution is -2.39. The Morgan fingerprint density at radius 3 is 2.76 bits per heavy atom. The molecule has 0 aliphatic carbocycles. The molecule has 2 saturated heterocycles. The molecular weight excluding hydrogens is 216 g/mol. The Balaban J connectivity index is 1.99. The molecule has 2 fully saturated rings. The molecule has 4 heteroatoms. The van der Waals surface area contributed by atoms with Gasteiger partial charge >= 0.3 is 5.97 Å². The summed E-state index contributed by atoms with van der Waals surface area (Å²) < 4.78 is 0. The van der Waals surface area contributed by atoms with Crippen LogP contribution in [-0.2, 0) is 4.79 Å². The van der Waals surface area contributed by atoms with Crippen molar-refractivity contribution < 1.29 is 9.90 Å². The summed E-state index contributed by atoms with van der Waals surface area (Å²) in [5.41, 5.74) is -0.462. The summed E-state index contributed by atoms with van der Waals surface area (Å²) in [5.74, 6) is -0.590. The quantitative estimate of drug-likeness (QED) is 0.803. The lowest BCUT2D eigenvalue weighted by molar-refractivity contribution is -0.148. The second kappa shape index (κ2) is 4.94. The minimum Gasteiger partial charge on any atom is -0.481 e. The molecule has 0 aromatic carbocycles. The van der Waals surface area contributed by atoms with Crippen molar-refractivity contribution in [1.82, 2.24) is 9.80 Å². The molecule has 0 radical (unpaired) electrons. The first-order chi connectivity index (χ1) is 8.07. The first-order valence-electron chi connectivity index (χ1n) is 6.73. The van der Waals surface area contributed by atoms with Crippen LogP contribution in [0.5, 0.6) is 0 Å². The number of carboxylic acid groups (broad SMARTS) is 1. The van der Waals surface area contributed by atoms with Crippen LogP contribution in [0, 0.1) is 5.41 Å². The van der Waals surface area contributed by atoms with Crippen LogP contribution in [0.2, 0.25) is 0 Å². The molecule has 4 nitrogen and oxygen atoms in total. The van der Waals surface area contributed by atoms with E-state index in [0.29, 0.717) is 6.04 Å². The lowest BCUT2D eigenvalue weighted by Gasteiger charge is -2.27. The molecule has 2 aliphatic heterocycles. The molecule has 2 rings (SSSR count). The van der Waals surface area contributed by atoms with Gasteiger partial charge in [0.05, 0.1) is 5.41 Å².